The number of hydrogen-bond acceptors (Lipinski definition) is 5. The normalized spacial score (nSPS) is 11.8. The van der Waals surface area contributed by atoms with Gasteiger partial charge in [0.1, 0.15) is 28.2 Å². The Bertz CT molecular complexity index is 1710. The van der Waals surface area contributed by atoms with Gasteiger partial charge in [0.2, 0.25) is 0 Å². The van der Waals surface area contributed by atoms with E-state index in [9.17, 15) is 0 Å². The Hall–Kier alpha value is -4.51. The minimum Gasteiger partial charge on any atom is -0.456 e. The molecule has 0 saturated heterocycles. The predicted molar refractivity (Wildman–Crippen MR) is 130 cm³/mol. The van der Waals surface area contributed by atoms with Crippen LogP contribution in [0.3, 0.4) is 0 Å². The molecule has 0 saturated carbocycles. The molecule has 156 valence electrons. The van der Waals surface area contributed by atoms with Crippen LogP contribution in [0, 0.1) is 6.92 Å². The molecule has 0 aliphatic rings. The fourth-order valence-corrected chi connectivity index (χ4v) is 4.47. The monoisotopic (exact) mass is 427 g/mol. The number of nitrogens with zero attached hydrogens (tertiary/aromatic N) is 3. The molecule has 0 fully saturated rings. The summed E-state index contributed by atoms with van der Waals surface area (Å²) < 4.78 is 11.9. The molecule has 5 nitrogen and oxygen atoms in total. The van der Waals surface area contributed by atoms with Crippen molar-refractivity contribution in [3.05, 3.63) is 90.8 Å². The van der Waals surface area contributed by atoms with Gasteiger partial charge in [-0.25, -0.2) is 15.0 Å². The average Bonchev–Trinajstić information content (AvgIpc) is 3.41. The quantitative estimate of drug-likeness (QED) is 0.289. The van der Waals surface area contributed by atoms with Crippen LogP contribution in [0.2, 0.25) is 0 Å². The van der Waals surface area contributed by atoms with E-state index in [-0.39, 0.29) is 0 Å². The summed E-state index contributed by atoms with van der Waals surface area (Å²) in [6, 6.07) is 28.2. The van der Waals surface area contributed by atoms with Crippen LogP contribution in [-0.4, -0.2) is 15.0 Å². The zero-order chi connectivity index (χ0) is 21.9. The first-order valence-corrected chi connectivity index (χ1v) is 10.8. The van der Waals surface area contributed by atoms with E-state index >= 15 is 0 Å². The Kier molecular flexibility index (Phi) is 3.70. The molecule has 0 atom stereocenters. The summed E-state index contributed by atoms with van der Waals surface area (Å²) in [6.07, 6.45) is 0. The average molecular weight is 427 g/mol. The molecule has 3 heterocycles. The van der Waals surface area contributed by atoms with Crippen LogP contribution in [0.4, 0.5) is 0 Å². The SMILES string of the molecule is Cc1nc(-c2ccc3oc4ccccc4c3c2)nc(-c2ccc3oc4ccccc4c3c2)n1. The van der Waals surface area contributed by atoms with Crippen molar-refractivity contribution in [2.24, 2.45) is 0 Å². The molecule has 0 amide bonds. The van der Waals surface area contributed by atoms with Gasteiger partial charge >= 0.3 is 0 Å². The Labute approximate surface area is 188 Å². The van der Waals surface area contributed by atoms with E-state index in [4.69, 9.17) is 13.8 Å². The number of fused-ring (bicyclic) bond motifs is 6. The topological polar surface area (TPSA) is 65.0 Å². The third kappa shape index (κ3) is 2.83. The third-order valence-electron chi connectivity index (χ3n) is 6.02. The molecule has 0 N–H and O–H groups in total. The van der Waals surface area contributed by atoms with Crippen LogP contribution in [0.15, 0.2) is 93.8 Å². The lowest BCUT2D eigenvalue weighted by molar-refractivity contribution is 0.668. The minimum absolute atomic E-state index is 0.641. The summed E-state index contributed by atoms with van der Waals surface area (Å²) in [4.78, 5) is 14.1. The van der Waals surface area contributed by atoms with Crippen molar-refractivity contribution in [2.75, 3.05) is 0 Å². The maximum atomic E-state index is 5.97. The van der Waals surface area contributed by atoms with Crippen molar-refractivity contribution >= 4 is 43.9 Å². The zero-order valence-corrected chi connectivity index (χ0v) is 17.7. The summed E-state index contributed by atoms with van der Waals surface area (Å²) >= 11 is 0. The second-order valence-electron chi connectivity index (χ2n) is 8.15. The summed E-state index contributed by atoms with van der Waals surface area (Å²) in [6.45, 7) is 1.90. The Morgan fingerprint density at radius 2 is 0.939 bits per heavy atom. The molecule has 0 unspecified atom stereocenters. The lowest BCUT2D eigenvalue weighted by atomic mass is 10.1. The van der Waals surface area contributed by atoms with Gasteiger partial charge in [0, 0.05) is 32.7 Å². The standard InChI is InChI=1S/C28H17N3O2/c1-16-29-27(17-10-12-25-21(14-17)19-6-2-4-8-23(19)32-25)31-28(30-16)18-11-13-26-22(15-18)20-7-3-5-9-24(20)33-26/h2-15H,1H3. The highest BCUT2D eigenvalue weighted by Crippen LogP contribution is 2.33. The number of benzene rings is 4. The van der Waals surface area contributed by atoms with Crippen LogP contribution in [0.5, 0.6) is 0 Å². The van der Waals surface area contributed by atoms with Gasteiger partial charge in [-0.1, -0.05) is 36.4 Å². The molecule has 7 rings (SSSR count). The van der Waals surface area contributed by atoms with Crippen molar-refractivity contribution in [3.8, 4) is 22.8 Å². The maximum Gasteiger partial charge on any atom is 0.163 e. The first-order chi connectivity index (χ1) is 16.2. The number of aromatic nitrogens is 3. The minimum atomic E-state index is 0.641. The predicted octanol–water partition coefficient (Wildman–Crippen LogP) is 7.31. The van der Waals surface area contributed by atoms with Crippen LogP contribution in [0.1, 0.15) is 5.82 Å². The van der Waals surface area contributed by atoms with E-state index in [1.54, 1.807) is 0 Å². The van der Waals surface area contributed by atoms with Gasteiger partial charge in [0.15, 0.2) is 11.6 Å². The van der Waals surface area contributed by atoms with Gasteiger partial charge in [-0.05, 0) is 55.5 Å². The van der Waals surface area contributed by atoms with Gasteiger partial charge in [-0.15, -0.1) is 0 Å². The van der Waals surface area contributed by atoms with Gasteiger partial charge in [0.25, 0.3) is 0 Å². The maximum absolute atomic E-state index is 5.97. The van der Waals surface area contributed by atoms with Gasteiger partial charge in [0.05, 0.1) is 0 Å². The Balaban J connectivity index is 1.39. The van der Waals surface area contributed by atoms with Crippen LogP contribution in [-0.2, 0) is 0 Å². The summed E-state index contributed by atoms with van der Waals surface area (Å²) in [5.74, 6) is 1.95. The first-order valence-electron chi connectivity index (χ1n) is 10.8. The molecule has 4 aromatic carbocycles. The summed E-state index contributed by atoms with van der Waals surface area (Å²) in [5, 5.41) is 4.26. The van der Waals surface area contributed by atoms with Crippen molar-refractivity contribution in [2.45, 2.75) is 6.92 Å². The molecular weight excluding hydrogens is 410 g/mol. The molecule has 0 aliphatic carbocycles. The van der Waals surface area contributed by atoms with E-state index in [1.165, 1.54) is 0 Å². The van der Waals surface area contributed by atoms with E-state index in [0.29, 0.717) is 17.5 Å². The molecule has 3 aromatic heterocycles. The summed E-state index contributed by atoms with van der Waals surface area (Å²) in [7, 11) is 0. The van der Waals surface area contributed by atoms with E-state index < -0.39 is 0 Å². The van der Waals surface area contributed by atoms with Crippen LogP contribution >= 0.6 is 0 Å². The number of hydrogen-bond donors (Lipinski definition) is 0. The number of aryl methyl sites for hydroxylation is 1. The Morgan fingerprint density at radius 3 is 1.45 bits per heavy atom. The zero-order valence-electron chi connectivity index (χ0n) is 17.7. The second kappa shape index (κ2) is 6.74. The molecular formula is C28H17N3O2. The molecule has 5 heteroatoms. The smallest absolute Gasteiger partial charge is 0.163 e. The third-order valence-corrected chi connectivity index (χ3v) is 6.02. The molecule has 0 bridgehead atoms. The van der Waals surface area contributed by atoms with Crippen LogP contribution < -0.4 is 0 Å². The number of para-hydroxylation sites is 2. The molecule has 0 spiro atoms. The van der Waals surface area contributed by atoms with Crippen molar-refractivity contribution in [1.29, 1.82) is 0 Å². The first kappa shape index (κ1) is 18.1. The largest absolute Gasteiger partial charge is 0.456 e. The highest BCUT2D eigenvalue weighted by atomic mass is 16.3. The lowest BCUT2D eigenvalue weighted by Crippen LogP contribution is -1.99. The highest BCUT2D eigenvalue weighted by molar-refractivity contribution is 6.07. The van der Waals surface area contributed by atoms with E-state index in [0.717, 1.165) is 55.0 Å². The molecule has 33 heavy (non-hydrogen) atoms. The van der Waals surface area contributed by atoms with Crippen LogP contribution in [0.25, 0.3) is 66.7 Å². The van der Waals surface area contributed by atoms with Crippen molar-refractivity contribution < 1.29 is 8.83 Å². The molecule has 7 aromatic rings. The number of rotatable bonds is 2. The highest BCUT2D eigenvalue weighted by Gasteiger charge is 2.14. The van der Waals surface area contributed by atoms with Gasteiger partial charge in [-0.2, -0.15) is 0 Å². The fraction of sp³-hybridized carbons (Fsp3) is 0.0357. The van der Waals surface area contributed by atoms with Crippen molar-refractivity contribution in [1.82, 2.24) is 15.0 Å². The van der Waals surface area contributed by atoms with E-state index in [1.807, 2.05) is 67.6 Å². The fourth-order valence-electron chi connectivity index (χ4n) is 4.47. The molecule has 0 aliphatic heterocycles. The van der Waals surface area contributed by atoms with Gasteiger partial charge < -0.3 is 8.83 Å². The second-order valence-corrected chi connectivity index (χ2v) is 8.15. The molecule has 0 radical (unpaired) electrons. The van der Waals surface area contributed by atoms with Crippen molar-refractivity contribution in [3.63, 3.8) is 0 Å². The number of furan rings is 2. The summed E-state index contributed by atoms with van der Waals surface area (Å²) in [5.41, 5.74) is 5.30. The Morgan fingerprint density at radius 1 is 0.485 bits per heavy atom. The van der Waals surface area contributed by atoms with E-state index in [2.05, 4.69) is 34.2 Å². The lowest BCUT2D eigenvalue weighted by Gasteiger charge is -2.06. The van der Waals surface area contributed by atoms with Gasteiger partial charge in [-0.3, -0.25) is 0 Å².